The zero-order chi connectivity index (χ0) is 43.0. The van der Waals surface area contributed by atoms with Crippen LogP contribution in [-0.4, -0.2) is 37.2 Å². The summed E-state index contributed by atoms with van der Waals surface area (Å²) < 4.78 is 16.6. The molecule has 6 heteroatoms. The van der Waals surface area contributed by atoms with Gasteiger partial charge >= 0.3 is 17.9 Å². The Morgan fingerprint density at radius 3 is 1.05 bits per heavy atom. The Hall–Kier alpha value is -3.67. The SMILES string of the molecule is CC/C=C\C/C=C\C/C=C\C/C=C\C/C=C\CCCCCC(=O)OCC(COC(=O)CCCCCCCCC)OC(=O)CCCCCCC/C=C\C/C=C\C/C=C\CC. The van der Waals surface area contributed by atoms with Crippen molar-refractivity contribution in [3.05, 3.63) is 97.2 Å². The minimum Gasteiger partial charge on any atom is -0.462 e. The van der Waals surface area contributed by atoms with Crippen LogP contribution < -0.4 is 0 Å². The van der Waals surface area contributed by atoms with E-state index in [1.807, 2.05) is 0 Å². The molecule has 6 nitrogen and oxygen atoms in total. The smallest absolute Gasteiger partial charge is 0.306 e. The Bertz CT molecular complexity index is 1220. The van der Waals surface area contributed by atoms with Gasteiger partial charge in [0.25, 0.3) is 0 Å². The molecule has 0 aliphatic heterocycles. The molecule has 0 saturated carbocycles. The molecule has 334 valence electrons. The summed E-state index contributed by atoms with van der Waals surface area (Å²) in [6, 6.07) is 0. The van der Waals surface area contributed by atoms with Crippen molar-refractivity contribution >= 4 is 17.9 Å². The van der Waals surface area contributed by atoms with Crippen LogP contribution in [-0.2, 0) is 28.6 Å². The van der Waals surface area contributed by atoms with Gasteiger partial charge in [0, 0.05) is 19.3 Å². The first kappa shape index (κ1) is 55.3. The van der Waals surface area contributed by atoms with E-state index in [0.717, 1.165) is 135 Å². The summed E-state index contributed by atoms with van der Waals surface area (Å²) in [7, 11) is 0. The number of carbonyl (C=O) groups is 3. The highest BCUT2D eigenvalue weighted by molar-refractivity contribution is 5.71. The third-order valence-electron chi connectivity index (χ3n) is 9.58. The summed E-state index contributed by atoms with van der Waals surface area (Å²) in [6.07, 6.45) is 61.2. The van der Waals surface area contributed by atoms with Crippen LogP contribution in [0.1, 0.15) is 201 Å². The molecule has 0 saturated heterocycles. The van der Waals surface area contributed by atoms with Crippen LogP contribution in [0, 0.1) is 0 Å². The van der Waals surface area contributed by atoms with Crippen LogP contribution in [0.5, 0.6) is 0 Å². The van der Waals surface area contributed by atoms with E-state index in [9.17, 15) is 14.4 Å². The number of rotatable bonds is 41. The fraction of sp³-hybridized carbons (Fsp3) is 0.642. The Morgan fingerprint density at radius 2 is 0.661 bits per heavy atom. The minimum absolute atomic E-state index is 0.0964. The van der Waals surface area contributed by atoms with Gasteiger partial charge in [0.2, 0.25) is 0 Å². The average Bonchev–Trinajstić information content (AvgIpc) is 3.23. The van der Waals surface area contributed by atoms with Gasteiger partial charge in [0.1, 0.15) is 13.2 Å². The maximum atomic E-state index is 12.7. The lowest BCUT2D eigenvalue weighted by Crippen LogP contribution is -2.30. The molecule has 0 bridgehead atoms. The molecule has 1 atom stereocenters. The quantitative estimate of drug-likeness (QED) is 0.0265. The van der Waals surface area contributed by atoms with Gasteiger partial charge in [-0.1, -0.05) is 182 Å². The number of carbonyl (C=O) groups excluding carboxylic acids is 3. The van der Waals surface area contributed by atoms with Crippen molar-refractivity contribution in [2.45, 2.75) is 207 Å². The predicted octanol–water partition coefficient (Wildman–Crippen LogP) is 15.4. The molecule has 0 radical (unpaired) electrons. The molecule has 0 aliphatic carbocycles. The lowest BCUT2D eigenvalue weighted by Gasteiger charge is -2.18. The topological polar surface area (TPSA) is 78.9 Å². The van der Waals surface area contributed by atoms with E-state index in [1.54, 1.807) is 0 Å². The summed E-state index contributed by atoms with van der Waals surface area (Å²) in [6.45, 7) is 6.30. The van der Waals surface area contributed by atoms with Crippen LogP contribution in [0.4, 0.5) is 0 Å². The average molecular weight is 819 g/mol. The monoisotopic (exact) mass is 819 g/mol. The molecule has 59 heavy (non-hydrogen) atoms. The van der Waals surface area contributed by atoms with Gasteiger partial charge < -0.3 is 14.2 Å². The first-order valence-corrected chi connectivity index (χ1v) is 23.7. The van der Waals surface area contributed by atoms with Gasteiger partial charge in [0.05, 0.1) is 0 Å². The Morgan fingerprint density at radius 1 is 0.356 bits per heavy atom. The van der Waals surface area contributed by atoms with Crippen molar-refractivity contribution in [1.82, 2.24) is 0 Å². The second kappa shape index (κ2) is 47.0. The van der Waals surface area contributed by atoms with E-state index >= 15 is 0 Å². The Kier molecular flexibility index (Phi) is 44.1. The summed E-state index contributed by atoms with van der Waals surface area (Å²) in [4.78, 5) is 37.7. The van der Waals surface area contributed by atoms with Gasteiger partial charge in [-0.05, 0) is 96.3 Å². The molecule has 0 aromatic heterocycles. The number of esters is 3. The molecule has 0 heterocycles. The number of allylic oxidation sites excluding steroid dienone is 16. The van der Waals surface area contributed by atoms with E-state index in [0.29, 0.717) is 19.3 Å². The molecule has 0 N–H and O–H groups in total. The maximum absolute atomic E-state index is 12.7. The van der Waals surface area contributed by atoms with Gasteiger partial charge in [-0.2, -0.15) is 0 Å². The first-order chi connectivity index (χ1) is 29.0. The standard InChI is InChI=1S/C53H86O6/c1-4-7-10-13-16-18-20-22-24-25-26-27-29-30-32-34-37-40-43-46-52(55)58-49-50(48-57-51(54)45-42-39-36-15-12-9-6-3)59-53(56)47-44-41-38-35-33-31-28-23-21-19-17-14-11-8-5-2/h7-8,10-11,16-19,22-24,26-28,30,32,50H,4-6,9,12-15,20-21,25,29,31,33-49H2,1-3H3/b10-7-,11-8-,18-16-,19-17-,24-22-,27-26-,28-23-,32-30-. The molecule has 0 amide bonds. The summed E-state index contributed by atoms with van der Waals surface area (Å²) in [5, 5.41) is 0. The lowest BCUT2D eigenvalue weighted by atomic mass is 10.1. The second-order valence-electron chi connectivity index (χ2n) is 15.3. The summed E-state index contributed by atoms with van der Waals surface area (Å²) in [5.41, 5.74) is 0. The fourth-order valence-electron chi connectivity index (χ4n) is 6.07. The fourth-order valence-corrected chi connectivity index (χ4v) is 6.07. The highest BCUT2D eigenvalue weighted by Gasteiger charge is 2.19. The van der Waals surface area contributed by atoms with Crippen LogP contribution in [0.2, 0.25) is 0 Å². The molecular weight excluding hydrogens is 733 g/mol. The second-order valence-corrected chi connectivity index (χ2v) is 15.3. The van der Waals surface area contributed by atoms with Crippen molar-refractivity contribution in [3.8, 4) is 0 Å². The van der Waals surface area contributed by atoms with Crippen LogP contribution in [0.3, 0.4) is 0 Å². The number of hydrogen-bond acceptors (Lipinski definition) is 6. The van der Waals surface area contributed by atoms with Crippen molar-refractivity contribution in [1.29, 1.82) is 0 Å². The molecule has 0 aromatic rings. The first-order valence-electron chi connectivity index (χ1n) is 23.7. The summed E-state index contributed by atoms with van der Waals surface area (Å²) >= 11 is 0. The molecule has 0 aromatic carbocycles. The molecule has 0 aliphatic rings. The van der Waals surface area contributed by atoms with Gasteiger partial charge in [-0.25, -0.2) is 0 Å². The van der Waals surface area contributed by atoms with Crippen molar-refractivity contribution < 1.29 is 28.6 Å². The third-order valence-corrected chi connectivity index (χ3v) is 9.58. The van der Waals surface area contributed by atoms with E-state index in [-0.39, 0.29) is 31.1 Å². The number of hydrogen-bond donors (Lipinski definition) is 0. The molecule has 1 unspecified atom stereocenters. The van der Waals surface area contributed by atoms with Gasteiger partial charge in [-0.15, -0.1) is 0 Å². The number of unbranched alkanes of at least 4 members (excludes halogenated alkanes) is 14. The number of ether oxygens (including phenoxy) is 3. The van der Waals surface area contributed by atoms with E-state index < -0.39 is 6.10 Å². The normalized spacial score (nSPS) is 12.9. The molecule has 0 spiro atoms. The molecule has 0 rings (SSSR count). The van der Waals surface area contributed by atoms with Gasteiger partial charge in [0.15, 0.2) is 6.10 Å². The maximum Gasteiger partial charge on any atom is 0.306 e. The van der Waals surface area contributed by atoms with Crippen molar-refractivity contribution in [3.63, 3.8) is 0 Å². The van der Waals surface area contributed by atoms with E-state index in [4.69, 9.17) is 14.2 Å². The minimum atomic E-state index is -0.797. The van der Waals surface area contributed by atoms with Crippen LogP contribution in [0.15, 0.2) is 97.2 Å². The largest absolute Gasteiger partial charge is 0.462 e. The Balaban J connectivity index is 4.40. The van der Waals surface area contributed by atoms with E-state index in [2.05, 4.69) is 118 Å². The van der Waals surface area contributed by atoms with Gasteiger partial charge in [-0.3, -0.25) is 14.4 Å². The van der Waals surface area contributed by atoms with E-state index in [1.165, 1.54) is 25.7 Å². The van der Waals surface area contributed by atoms with Crippen molar-refractivity contribution in [2.24, 2.45) is 0 Å². The molecular formula is C53H86O6. The highest BCUT2D eigenvalue weighted by Crippen LogP contribution is 2.12. The predicted molar refractivity (Wildman–Crippen MR) is 251 cm³/mol. The van der Waals surface area contributed by atoms with Crippen LogP contribution >= 0.6 is 0 Å². The highest BCUT2D eigenvalue weighted by atomic mass is 16.6. The zero-order valence-electron chi connectivity index (χ0n) is 38.0. The third kappa shape index (κ3) is 45.3. The Labute approximate surface area is 362 Å². The van der Waals surface area contributed by atoms with Crippen molar-refractivity contribution in [2.75, 3.05) is 13.2 Å². The lowest BCUT2D eigenvalue weighted by molar-refractivity contribution is -0.167. The molecule has 0 fully saturated rings. The zero-order valence-corrected chi connectivity index (χ0v) is 38.0. The van der Waals surface area contributed by atoms with Crippen LogP contribution in [0.25, 0.3) is 0 Å². The summed E-state index contributed by atoms with van der Waals surface area (Å²) in [5.74, 6) is -0.962.